The van der Waals surface area contributed by atoms with Crippen molar-refractivity contribution >= 4 is 17.5 Å². The number of hydrogen-bond acceptors (Lipinski definition) is 3. The first-order chi connectivity index (χ1) is 13.3. The van der Waals surface area contributed by atoms with Gasteiger partial charge in [-0.05, 0) is 73.8 Å². The SMILES string of the molecule is CC(C)C1=CC23CCC4C(C(=O)O)CCCC4C2CC1C1C(=O)C=CC(=O)C13. The highest BCUT2D eigenvalue weighted by Gasteiger charge is 2.66. The van der Waals surface area contributed by atoms with Crippen LogP contribution in [0.2, 0.25) is 0 Å². The molecule has 28 heavy (non-hydrogen) atoms. The van der Waals surface area contributed by atoms with Crippen LogP contribution in [0.3, 0.4) is 0 Å². The first kappa shape index (κ1) is 18.3. The maximum atomic E-state index is 13.1. The molecule has 4 nitrogen and oxygen atoms in total. The number of aliphatic carboxylic acids is 1. The second-order valence-corrected chi connectivity index (χ2v) is 10.2. The van der Waals surface area contributed by atoms with Crippen LogP contribution in [-0.2, 0) is 14.4 Å². The van der Waals surface area contributed by atoms with E-state index < -0.39 is 5.97 Å². The molecule has 0 aromatic heterocycles. The third kappa shape index (κ3) is 2.26. The number of ketones is 2. The van der Waals surface area contributed by atoms with Crippen LogP contribution in [0.1, 0.15) is 52.4 Å². The van der Waals surface area contributed by atoms with Gasteiger partial charge in [-0.1, -0.05) is 31.9 Å². The molecule has 2 bridgehead atoms. The molecule has 0 amide bonds. The van der Waals surface area contributed by atoms with Crippen LogP contribution in [0.4, 0.5) is 0 Å². The average molecular weight is 383 g/mol. The second-order valence-electron chi connectivity index (χ2n) is 10.2. The Bertz CT molecular complexity index is 805. The van der Waals surface area contributed by atoms with Gasteiger partial charge < -0.3 is 5.11 Å². The lowest BCUT2D eigenvalue weighted by molar-refractivity contribution is -0.164. The van der Waals surface area contributed by atoms with Crippen molar-refractivity contribution in [3.05, 3.63) is 23.8 Å². The number of allylic oxidation sites excluding steroid dienone is 4. The summed E-state index contributed by atoms with van der Waals surface area (Å²) in [5, 5.41) is 9.76. The van der Waals surface area contributed by atoms with Crippen LogP contribution < -0.4 is 0 Å². The predicted octanol–water partition coefficient (Wildman–Crippen LogP) is 4.06. The lowest BCUT2D eigenvalue weighted by atomic mass is 9.38. The summed E-state index contributed by atoms with van der Waals surface area (Å²) in [6, 6.07) is 0. The summed E-state index contributed by atoms with van der Waals surface area (Å²) >= 11 is 0. The number of carbonyl (C=O) groups is 3. The van der Waals surface area contributed by atoms with Crippen LogP contribution in [0.25, 0.3) is 0 Å². The van der Waals surface area contributed by atoms with E-state index in [2.05, 4.69) is 19.9 Å². The quantitative estimate of drug-likeness (QED) is 0.731. The number of carboxylic acid groups (broad SMARTS) is 1. The smallest absolute Gasteiger partial charge is 0.306 e. The summed E-state index contributed by atoms with van der Waals surface area (Å²) in [6.07, 6.45) is 11.0. The molecular weight excluding hydrogens is 352 g/mol. The largest absolute Gasteiger partial charge is 0.481 e. The Morgan fingerprint density at radius 2 is 1.86 bits per heavy atom. The highest BCUT2D eigenvalue weighted by Crippen LogP contribution is 2.69. The Balaban J connectivity index is 1.62. The average Bonchev–Trinajstić information content (AvgIpc) is 2.68. The van der Waals surface area contributed by atoms with E-state index in [0.717, 1.165) is 38.5 Å². The Morgan fingerprint density at radius 1 is 1.11 bits per heavy atom. The van der Waals surface area contributed by atoms with Crippen molar-refractivity contribution in [3.8, 4) is 0 Å². The van der Waals surface area contributed by atoms with Crippen LogP contribution in [-0.4, -0.2) is 22.6 Å². The lowest BCUT2D eigenvalue weighted by Crippen LogP contribution is -2.62. The number of carboxylic acids is 1. The van der Waals surface area contributed by atoms with Gasteiger partial charge in [-0.2, -0.15) is 0 Å². The summed E-state index contributed by atoms with van der Waals surface area (Å²) in [7, 11) is 0. The van der Waals surface area contributed by atoms with E-state index in [4.69, 9.17) is 0 Å². The van der Waals surface area contributed by atoms with Gasteiger partial charge in [0.15, 0.2) is 11.6 Å². The van der Waals surface area contributed by atoms with Crippen LogP contribution in [0.15, 0.2) is 23.8 Å². The molecule has 8 unspecified atom stereocenters. The molecule has 0 aromatic rings. The van der Waals surface area contributed by atoms with E-state index >= 15 is 0 Å². The molecule has 0 heterocycles. The van der Waals surface area contributed by atoms with E-state index in [9.17, 15) is 19.5 Å². The molecule has 8 atom stereocenters. The van der Waals surface area contributed by atoms with E-state index in [0.29, 0.717) is 17.8 Å². The molecule has 0 aliphatic heterocycles. The highest BCUT2D eigenvalue weighted by molar-refractivity contribution is 6.08. The highest BCUT2D eigenvalue weighted by atomic mass is 16.4. The molecule has 0 saturated heterocycles. The van der Waals surface area contributed by atoms with Crippen LogP contribution >= 0.6 is 0 Å². The molecular formula is C24H30O4. The van der Waals surface area contributed by atoms with Gasteiger partial charge in [-0.3, -0.25) is 14.4 Å². The molecule has 3 fully saturated rings. The van der Waals surface area contributed by atoms with E-state index in [1.165, 1.54) is 17.7 Å². The second kappa shape index (κ2) is 6.14. The maximum absolute atomic E-state index is 13.1. The van der Waals surface area contributed by atoms with Crippen molar-refractivity contribution in [1.82, 2.24) is 0 Å². The number of hydrogen-bond donors (Lipinski definition) is 1. The summed E-state index contributed by atoms with van der Waals surface area (Å²) in [5.74, 6) is 0.482. The summed E-state index contributed by atoms with van der Waals surface area (Å²) in [4.78, 5) is 37.8. The summed E-state index contributed by atoms with van der Waals surface area (Å²) in [6.45, 7) is 4.40. The van der Waals surface area contributed by atoms with Gasteiger partial charge in [0.2, 0.25) is 0 Å². The zero-order valence-corrected chi connectivity index (χ0v) is 16.8. The maximum Gasteiger partial charge on any atom is 0.306 e. The molecule has 4 heteroatoms. The predicted molar refractivity (Wildman–Crippen MR) is 104 cm³/mol. The monoisotopic (exact) mass is 382 g/mol. The Kier molecular flexibility index (Phi) is 4.02. The Morgan fingerprint density at radius 3 is 2.57 bits per heavy atom. The zero-order chi connectivity index (χ0) is 19.8. The van der Waals surface area contributed by atoms with Gasteiger partial charge in [-0.25, -0.2) is 0 Å². The Hall–Kier alpha value is -1.71. The van der Waals surface area contributed by atoms with Crippen molar-refractivity contribution < 1.29 is 19.5 Å². The molecule has 0 aromatic carbocycles. The van der Waals surface area contributed by atoms with Gasteiger partial charge in [-0.15, -0.1) is 0 Å². The minimum Gasteiger partial charge on any atom is -0.481 e. The fourth-order valence-corrected chi connectivity index (χ4v) is 8.10. The minimum absolute atomic E-state index is 0.127. The zero-order valence-electron chi connectivity index (χ0n) is 16.8. The van der Waals surface area contributed by atoms with Crippen LogP contribution in [0.5, 0.6) is 0 Å². The van der Waals surface area contributed by atoms with Gasteiger partial charge in [0.1, 0.15) is 0 Å². The number of carbonyl (C=O) groups excluding carboxylic acids is 2. The number of fused-ring (bicyclic) bond motifs is 1. The molecule has 3 saturated carbocycles. The lowest BCUT2D eigenvalue weighted by Gasteiger charge is -2.65. The minimum atomic E-state index is -0.644. The summed E-state index contributed by atoms with van der Waals surface area (Å²) < 4.78 is 0. The third-order valence-corrected chi connectivity index (χ3v) is 9.01. The molecule has 6 aliphatic carbocycles. The molecule has 1 spiro atoms. The van der Waals surface area contributed by atoms with Gasteiger partial charge in [0, 0.05) is 17.3 Å². The van der Waals surface area contributed by atoms with Gasteiger partial charge >= 0.3 is 5.97 Å². The van der Waals surface area contributed by atoms with E-state index in [1.54, 1.807) is 0 Å². The first-order valence-electron chi connectivity index (χ1n) is 11.1. The number of rotatable bonds is 2. The van der Waals surface area contributed by atoms with Crippen molar-refractivity contribution in [2.45, 2.75) is 52.4 Å². The van der Waals surface area contributed by atoms with E-state index in [1.807, 2.05) is 0 Å². The van der Waals surface area contributed by atoms with Crippen LogP contribution in [0, 0.1) is 52.8 Å². The Labute approximate surface area is 166 Å². The molecule has 6 rings (SSSR count). The van der Waals surface area contributed by atoms with Crippen molar-refractivity contribution in [3.63, 3.8) is 0 Å². The molecule has 6 aliphatic rings. The summed E-state index contributed by atoms with van der Waals surface area (Å²) in [5.41, 5.74) is 1.14. The fourth-order valence-electron chi connectivity index (χ4n) is 8.10. The molecule has 150 valence electrons. The van der Waals surface area contributed by atoms with E-state index in [-0.39, 0.29) is 46.6 Å². The first-order valence-corrected chi connectivity index (χ1v) is 11.1. The topological polar surface area (TPSA) is 71.4 Å². The standard InChI is InChI=1S/C24H30O4/c1-12(2)17-11-24-9-8-13-14(4-3-5-15(13)23(27)28)18(24)10-16(17)21-19(25)6-7-20(26)22(21)24/h6-7,11-16,18,21-22H,3-5,8-10H2,1-2H3,(H,27,28). The fraction of sp³-hybridized carbons (Fsp3) is 0.708. The van der Waals surface area contributed by atoms with Crippen molar-refractivity contribution in [2.75, 3.05) is 0 Å². The third-order valence-electron chi connectivity index (χ3n) is 9.01. The van der Waals surface area contributed by atoms with Gasteiger partial charge in [0.05, 0.1) is 5.92 Å². The van der Waals surface area contributed by atoms with Crippen molar-refractivity contribution in [1.29, 1.82) is 0 Å². The normalized spacial score (nSPS) is 46.7. The van der Waals surface area contributed by atoms with Crippen molar-refractivity contribution in [2.24, 2.45) is 52.8 Å². The molecule has 0 radical (unpaired) electrons. The molecule has 1 N–H and O–H groups in total. The van der Waals surface area contributed by atoms with Gasteiger partial charge in [0.25, 0.3) is 0 Å².